The second-order valence-corrected chi connectivity index (χ2v) is 4.59. The molecule has 0 aliphatic heterocycles. The van der Waals surface area contributed by atoms with Gasteiger partial charge in [-0.3, -0.25) is 0 Å². The zero-order chi connectivity index (χ0) is 13.5. The monoisotopic (exact) mass is 511 g/mol. The van der Waals surface area contributed by atoms with Crippen LogP contribution in [-0.2, 0) is 13.1 Å². The minimum atomic E-state index is 0. The standard InChI is InChI=1S/C15H18N3O.2HI/c1-14-5-2-7-17(12-14)9-4-10-18-8-3-6-15(13-18)11-16-19;;/h2-3,5-8,11-13H,4,9-10H2,1H3;2*1H/q+1;;/p-1/b16-11+;;. The van der Waals surface area contributed by atoms with Crippen molar-refractivity contribution in [1.82, 2.24) is 0 Å². The number of halogens is 2. The Morgan fingerprint density at radius 3 is 2.29 bits per heavy atom. The second kappa shape index (κ2) is 10.9. The lowest BCUT2D eigenvalue weighted by Gasteiger charge is -1.98. The van der Waals surface area contributed by atoms with Crippen LogP contribution in [0.3, 0.4) is 0 Å². The highest BCUT2D eigenvalue weighted by atomic mass is 127. The lowest BCUT2D eigenvalue weighted by Crippen LogP contribution is -3.00. The van der Waals surface area contributed by atoms with Gasteiger partial charge in [0.15, 0.2) is 37.9 Å². The van der Waals surface area contributed by atoms with Crippen LogP contribution in [0.4, 0.5) is 0 Å². The Kier molecular flexibility index (Phi) is 10.5. The summed E-state index contributed by atoms with van der Waals surface area (Å²) in [7, 11) is 0. The minimum Gasteiger partial charge on any atom is -1.00 e. The molecule has 0 fully saturated rings. The maximum absolute atomic E-state index is 8.52. The first-order valence-corrected chi connectivity index (χ1v) is 6.40. The average Bonchev–Trinajstić information content (AvgIpc) is 2.40. The highest BCUT2D eigenvalue weighted by Crippen LogP contribution is 1.92. The molecule has 2 heterocycles. The van der Waals surface area contributed by atoms with Gasteiger partial charge in [0.2, 0.25) is 0 Å². The maximum atomic E-state index is 8.52. The van der Waals surface area contributed by atoms with Gasteiger partial charge in [0.1, 0.15) is 0 Å². The molecule has 21 heavy (non-hydrogen) atoms. The SMILES string of the molecule is Cc1ccc[n+](CCC[n+]2cccc(/C=N/O)c2)c1.[I-].[I-]. The fourth-order valence-electron chi connectivity index (χ4n) is 2.05. The maximum Gasteiger partial charge on any atom is 0.177 e. The summed E-state index contributed by atoms with van der Waals surface area (Å²) in [5.74, 6) is 0. The summed E-state index contributed by atoms with van der Waals surface area (Å²) in [5, 5.41) is 11.6. The van der Waals surface area contributed by atoms with Crippen LogP contribution in [-0.4, -0.2) is 11.4 Å². The van der Waals surface area contributed by atoms with Crippen LogP contribution in [0.1, 0.15) is 17.5 Å². The van der Waals surface area contributed by atoms with Crippen LogP contribution >= 0.6 is 0 Å². The van der Waals surface area contributed by atoms with Gasteiger partial charge in [-0.15, -0.1) is 0 Å². The van der Waals surface area contributed by atoms with Crippen molar-refractivity contribution >= 4 is 6.21 Å². The normalized spacial score (nSPS) is 9.95. The van der Waals surface area contributed by atoms with Gasteiger partial charge in [0, 0.05) is 17.7 Å². The molecule has 0 atom stereocenters. The molecular formula is C15H19I2N3O. The lowest BCUT2D eigenvalue weighted by molar-refractivity contribution is -0.727. The fraction of sp³-hybridized carbons (Fsp3) is 0.267. The molecule has 0 saturated heterocycles. The summed E-state index contributed by atoms with van der Waals surface area (Å²) < 4.78 is 4.31. The fourth-order valence-corrected chi connectivity index (χ4v) is 2.05. The summed E-state index contributed by atoms with van der Waals surface area (Å²) in [4.78, 5) is 0. The Balaban J connectivity index is 0.00000200. The molecule has 0 amide bonds. The molecule has 4 nitrogen and oxygen atoms in total. The summed E-state index contributed by atoms with van der Waals surface area (Å²) in [5.41, 5.74) is 2.17. The van der Waals surface area contributed by atoms with E-state index in [2.05, 4.69) is 45.7 Å². The zero-order valence-corrected chi connectivity index (χ0v) is 16.2. The number of aryl methyl sites for hydroxylation is 3. The number of rotatable bonds is 5. The van der Waals surface area contributed by atoms with Crippen LogP contribution in [0.2, 0.25) is 0 Å². The molecule has 0 spiro atoms. The van der Waals surface area contributed by atoms with Gasteiger partial charge >= 0.3 is 0 Å². The molecule has 0 aromatic carbocycles. The highest BCUT2D eigenvalue weighted by Gasteiger charge is 2.05. The van der Waals surface area contributed by atoms with E-state index in [-0.39, 0.29) is 48.0 Å². The number of nitrogens with zero attached hydrogens (tertiary/aromatic N) is 3. The van der Waals surface area contributed by atoms with Crippen molar-refractivity contribution in [2.24, 2.45) is 5.16 Å². The predicted molar refractivity (Wildman–Crippen MR) is 72.0 cm³/mol. The number of pyridine rings is 2. The van der Waals surface area contributed by atoms with E-state index in [0.29, 0.717) is 0 Å². The smallest absolute Gasteiger partial charge is 0.177 e. The van der Waals surface area contributed by atoms with E-state index in [1.165, 1.54) is 11.8 Å². The molecule has 0 radical (unpaired) electrons. The summed E-state index contributed by atoms with van der Waals surface area (Å²) >= 11 is 0. The minimum absolute atomic E-state index is 0. The van der Waals surface area contributed by atoms with Gasteiger partial charge in [0.05, 0.1) is 18.2 Å². The molecule has 0 unspecified atom stereocenters. The number of aromatic nitrogens is 2. The van der Waals surface area contributed by atoms with E-state index in [4.69, 9.17) is 5.21 Å². The summed E-state index contributed by atoms with van der Waals surface area (Å²) in [6, 6.07) is 8.03. The van der Waals surface area contributed by atoms with Gasteiger partial charge in [-0.05, 0) is 19.1 Å². The molecule has 0 aliphatic rings. The van der Waals surface area contributed by atoms with Crippen molar-refractivity contribution in [3.05, 3.63) is 60.2 Å². The van der Waals surface area contributed by atoms with Gasteiger partial charge in [-0.2, -0.15) is 0 Å². The van der Waals surface area contributed by atoms with Crippen molar-refractivity contribution in [3.63, 3.8) is 0 Å². The number of hydrogen-bond donors (Lipinski definition) is 1. The number of hydrogen-bond acceptors (Lipinski definition) is 2. The molecule has 2 rings (SSSR count). The third-order valence-electron chi connectivity index (χ3n) is 2.93. The van der Waals surface area contributed by atoms with Crippen LogP contribution in [0, 0.1) is 6.92 Å². The molecule has 114 valence electrons. The van der Waals surface area contributed by atoms with Gasteiger partial charge < -0.3 is 53.2 Å². The molecule has 0 aliphatic carbocycles. The van der Waals surface area contributed by atoms with Crippen molar-refractivity contribution in [2.45, 2.75) is 26.4 Å². The largest absolute Gasteiger partial charge is 1.00 e. The molecule has 2 aromatic heterocycles. The van der Waals surface area contributed by atoms with Crippen molar-refractivity contribution in [2.75, 3.05) is 0 Å². The Morgan fingerprint density at radius 2 is 1.67 bits per heavy atom. The Bertz CT molecular complexity index is 576. The van der Waals surface area contributed by atoms with Crippen LogP contribution in [0.25, 0.3) is 0 Å². The molecule has 1 N–H and O–H groups in total. The van der Waals surface area contributed by atoms with E-state index >= 15 is 0 Å². The topological polar surface area (TPSA) is 40.3 Å². The first-order valence-electron chi connectivity index (χ1n) is 6.40. The zero-order valence-electron chi connectivity index (χ0n) is 11.9. The van der Waals surface area contributed by atoms with Crippen LogP contribution in [0.5, 0.6) is 0 Å². The third kappa shape index (κ3) is 7.16. The van der Waals surface area contributed by atoms with E-state index in [1.807, 2.05) is 24.5 Å². The van der Waals surface area contributed by atoms with Gasteiger partial charge in [-0.1, -0.05) is 5.16 Å². The Morgan fingerprint density at radius 1 is 1.05 bits per heavy atom. The quantitative estimate of drug-likeness (QED) is 0.142. The first-order chi connectivity index (χ1) is 9.28. The van der Waals surface area contributed by atoms with Crippen molar-refractivity contribution < 1.29 is 62.3 Å². The number of oxime groups is 1. The molecule has 0 bridgehead atoms. The molecule has 6 heteroatoms. The third-order valence-corrected chi connectivity index (χ3v) is 2.93. The molecule has 2 aromatic rings. The summed E-state index contributed by atoms with van der Waals surface area (Å²) in [6.45, 7) is 4.03. The first kappa shape index (κ1) is 20.2. The lowest BCUT2D eigenvalue weighted by atomic mass is 10.3. The molecular weight excluding hydrogens is 492 g/mol. The highest BCUT2D eigenvalue weighted by molar-refractivity contribution is 5.77. The summed E-state index contributed by atoms with van der Waals surface area (Å²) in [6.07, 6.45) is 10.7. The van der Waals surface area contributed by atoms with Crippen molar-refractivity contribution in [1.29, 1.82) is 0 Å². The van der Waals surface area contributed by atoms with Crippen LogP contribution < -0.4 is 57.1 Å². The van der Waals surface area contributed by atoms with Crippen LogP contribution in [0.15, 0.2) is 54.2 Å². The van der Waals surface area contributed by atoms with E-state index in [9.17, 15) is 0 Å². The second-order valence-electron chi connectivity index (χ2n) is 4.59. The Hall–Kier alpha value is -0.770. The Labute approximate surface area is 159 Å². The molecule has 0 saturated carbocycles. The average molecular weight is 511 g/mol. The predicted octanol–water partition coefficient (Wildman–Crippen LogP) is -4.52. The van der Waals surface area contributed by atoms with E-state index in [1.54, 1.807) is 0 Å². The van der Waals surface area contributed by atoms with Gasteiger partial charge in [0.25, 0.3) is 0 Å². The van der Waals surface area contributed by atoms with E-state index in [0.717, 1.165) is 25.1 Å². The van der Waals surface area contributed by atoms with Crippen molar-refractivity contribution in [3.8, 4) is 0 Å². The van der Waals surface area contributed by atoms with Gasteiger partial charge in [-0.25, -0.2) is 9.13 Å². The van der Waals surface area contributed by atoms with E-state index < -0.39 is 0 Å².